The molecule has 9 heteroatoms. The molecule has 1 heterocycles. The first kappa shape index (κ1) is 23.3. The number of fused-ring (bicyclic) bond motifs is 1. The van der Waals surface area contributed by atoms with Crippen molar-refractivity contribution in [2.75, 3.05) is 43.7 Å². The Labute approximate surface area is 201 Å². The van der Waals surface area contributed by atoms with Gasteiger partial charge in [-0.05, 0) is 54.6 Å². The molecule has 0 spiro atoms. The minimum atomic E-state index is -0.344. The molecule has 34 heavy (non-hydrogen) atoms. The van der Waals surface area contributed by atoms with Crippen molar-refractivity contribution in [3.63, 3.8) is 0 Å². The molecule has 176 valence electrons. The van der Waals surface area contributed by atoms with Crippen LogP contribution in [0.1, 0.15) is 0 Å². The lowest BCUT2D eigenvalue weighted by Crippen LogP contribution is -2.41. The molecule has 0 aromatic heterocycles. The zero-order valence-electron chi connectivity index (χ0n) is 18.5. The molecular formula is C25H23ClN2O6. The Morgan fingerprint density at radius 3 is 2.62 bits per heavy atom. The Morgan fingerprint density at radius 1 is 1.03 bits per heavy atom. The Morgan fingerprint density at radius 2 is 1.82 bits per heavy atom. The molecule has 0 saturated heterocycles. The lowest BCUT2D eigenvalue weighted by atomic mass is 10.2. The maximum Gasteiger partial charge on any atom is 0.265 e. The fraction of sp³-hybridized carbons (Fsp3) is 0.200. The molecule has 0 aliphatic carbocycles. The van der Waals surface area contributed by atoms with E-state index < -0.39 is 0 Å². The van der Waals surface area contributed by atoms with Gasteiger partial charge in [-0.15, -0.1) is 0 Å². The van der Waals surface area contributed by atoms with E-state index in [9.17, 15) is 9.59 Å². The van der Waals surface area contributed by atoms with Crippen LogP contribution in [-0.4, -0.2) is 45.3 Å². The zero-order valence-corrected chi connectivity index (χ0v) is 19.2. The number of ether oxygens (including phenoxy) is 4. The number of carbonyl (C=O) groups excluding carboxylic acids is 2. The molecule has 1 aliphatic heterocycles. The number of hydrogen-bond acceptors (Lipinski definition) is 6. The fourth-order valence-electron chi connectivity index (χ4n) is 3.35. The third-order valence-corrected chi connectivity index (χ3v) is 5.25. The first-order chi connectivity index (χ1) is 16.5. The second-order valence-electron chi connectivity index (χ2n) is 7.33. The highest BCUT2D eigenvalue weighted by Crippen LogP contribution is 2.34. The van der Waals surface area contributed by atoms with Gasteiger partial charge in [-0.1, -0.05) is 17.7 Å². The van der Waals surface area contributed by atoms with Gasteiger partial charge in [-0.25, -0.2) is 0 Å². The summed E-state index contributed by atoms with van der Waals surface area (Å²) in [6.45, 7) is 0.346. The van der Waals surface area contributed by atoms with Crippen LogP contribution in [0.4, 0.5) is 11.4 Å². The van der Waals surface area contributed by atoms with Crippen LogP contribution >= 0.6 is 11.6 Å². The van der Waals surface area contributed by atoms with Gasteiger partial charge in [0.15, 0.2) is 13.2 Å². The van der Waals surface area contributed by atoms with Gasteiger partial charge < -0.3 is 29.2 Å². The number of rotatable bonds is 9. The summed E-state index contributed by atoms with van der Waals surface area (Å²) < 4.78 is 21.9. The highest BCUT2D eigenvalue weighted by atomic mass is 35.5. The van der Waals surface area contributed by atoms with Crippen LogP contribution in [0.25, 0.3) is 0 Å². The van der Waals surface area contributed by atoms with Gasteiger partial charge >= 0.3 is 0 Å². The number of nitrogens with one attached hydrogen (secondary N) is 1. The fourth-order valence-corrected chi connectivity index (χ4v) is 3.47. The van der Waals surface area contributed by atoms with Crippen LogP contribution in [-0.2, 0) is 9.59 Å². The van der Waals surface area contributed by atoms with Crippen molar-refractivity contribution in [3.8, 4) is 23.0 Å². The minimum Gasteiger partial charge on any atom is -0.497 e. The SMILES string of the molecule is COc1cccc(OCC(=O)Nc2ccc3c(c2)N(CCOc2ccc(Cl)cc2)C(=O)CO3)c1. The number of amides is 2. The molecule has 0 radical (unpaired) electrons. The van der Waals surface area contributed by atoms with Gasteiger partial charge in [-0.3, -0.25) is 9.59 Å². The quantitative estimate of drug-likeness (QED) is 0.492. The first-order valence-electron chi connectivity index (χ1n) is 10.5. The number of methoxy groups -OCH3 is 1. The van der Waals surface area contributed by atoms with Crippen LogP contribution in [0.15, 0.2) is 66.7 Å². The summed E-state index contributed by atoms with van der Waals surface area (Å²) >= 11 is 5.89. The van der Waals surface area contributed by atoms with Crippen molar-refractivity contribution in [3.05, 3.63) is 71.8 Å². The van der Waals surface area contributed by atoms with Crippen molar-refractivity contribution in [2.24, 2.45) is 0 Å². The monoisotopic (exact) mass is 482 g/mol. The zero-order chi connectivity index (χ0) is 23.9. The second kappa shape index (κ2) is 10.8. The topological polar surface area (TPSA) is 86.3 Å². The van der Waals surface area contributed by atoms with E-state index in [1.165, 1.54) is 0 Å². The number of nitrogens with zero attached hydrogens (tertiary/aromatic N) is 1. The van der Waals surface area contributed by atoms with Crippen LogP contribution < -0.4 is 29.2 Å². The number of carbonyl (C=O) groups is 2. The summed E-state index contributed by atoms with van der Waals surface area (Å²) in [5, 5.41) is 3.40. The largest absolute Gasteiger partial charge is 0.497 e. The van der Waals surface area contributed by atoms with Crippen LogP contribution in [0.3, 0.4) is 0 Å². The predicted molar refractivity (Wildman–Crippen MR) is 128 cm³/mol. The van der Waals surface area contributed by atoms with Gasteiger partial charge in [0, 0.05) is 16.8 Å². The molecule has 8 nitrogen and oxygen atoms in total. The first-order valence-corrected chi connectivity index (χ1v) is 10.9. The Balaban J connectivity index is 1.37. The Kier molecular flexibility index (Phi) is 7.39. The van der Waals surface area contributed by atoms with Crippen molar-refractivity contribution in [2.45, 2.75) is 0 Å². The summed E-state index contributed by atoms with van der Waals surface area (Å²) in [6, 6.07) is 19.1. The molecular weight excluding hydrogens is 460 g/mol. The Bertz CT molecular complexity index is 1170. The maximum absolute atomic E-state index is 12.5. The van der Waals surface area contributed by atoms with Crippen molar-refractivity contribution < 1.29 is 28.5 Å². The number of benzene rings is 3. The Hall–Kier alpha value is -3.91. The van der Waals surface area contributed by atoms with Gasteiger partial charge in [0.2, 0.25) is 0 Å². The van der Waals surface area contributed by atoms with Crippen molar-refractivity contribution >= 4 is 34.8 Å². The molecule has 1 N–H and O–H groups in total. The minimum absolute atomic E-state index is 0.0615. The van der Waals surface area contributed by atoms with Gasteiger partial charge in [0.05, 0.1) is 19.3 Å². The van der Waals surface area contributed by atoms with E-state index >= 15 is 0 Å². The average Bonchev–Trinajstić information content (AvgIpc) is 2.85. The molecule has 3 aromatic rings. The number of anilines is 2. The maximum atomic E-state index is 12.5. The lowest BCUT2D eigenvalue weighted by Gasteiger charge is -2.29. The molecule has 3 aromatic carbocycles. The molecule has 0 unspecified atom stereocenters. The van der Waals surface area contributed by atoms with Crippen molar-refractivity contribution in [1.82, 2.24) is 0 Å². The summed E-state index contributed by atoms with van der Waals surface area (Å²) in [4.78, 5) is 26.5. The summed E-state index contributed by atoms with van der Waals surface area (Å²) in [6.07, 6.45) is 0. The molecule has 0 fully saturated rings. The van der Waals surface area contributed by atoms with Crippen molar-refractivity contribution in [1.29, 1.82) is 0 Å². The van der Waals surface area contributed by atoms with E-state index in [1.54, 1.807) is 78.7 Å². The smallest absolute Gasteiger partial charge is 0.265 e. The van der Waals surface area contributed by atoms with E-state index in [0.29, 0.717) is 45.9 Å². The molecule has 0 saturated carbocycles. The van der Waals surface area contributed by atoms with E-state index in [1.807, 2.05) is 0 Å². The molecule has 0 bridgehead atoms. The van der Waals surface area contributed by atoms with E-state index in [0.717, 1.165) is 0 Å². The standard InChI is InChI=1S/C25H23ClN2O6/c1-31-20-3-2-4-21(14-20)33-15-24(29)27-18-7-10-23-22(13-18)28(25(30)16-34-23)11-12-32-19-8-5-17(26)6-9-19/h2-10,13-14H,11-12,15-16H2,1H3,(H,27,29). The van der Waals surface area contributed by atoms with E-state index in [4.69, 9.17) is 30.5 Å². The summed E-state index contributed by atoms with van der Waals surface area (Å²) in [7, 11) is 1.56. The van der Waals surface area contributed by atoms with Crippen LogP contribution in [0.2, 0.25) is 5.02 Å². The summed E-state index contributed by atoms with van der Waals surface area (Å²) in [5.74, 6) is 1.82. The van der Waals surface area contributed by atoms with Gasteiger partial charge in [-0.2, -0.15) is 0 Å². The molecule has 2 amide bonds. The van der Waals surface area contributed by atoms with Crippen LogP contribution in [0, 0.1) is 0 Å². The molecule has 1 aliphatic rings. The molecule has 4 rings (SSSR count). The average molecular weight is 483 g/mol. The predicted octanol–water partition coefficient (Wildman–Crippen LogP) is 4.17. The third-order valence-electron chi connectivity index (χ3n) is 4.99. The number of hydrogen-bond donors (Lipinski definition) is 1. The molecule has 0 atom stereocenters. The second-order valence-corrected chi connectivity index (χ2v) is 7.77. The highest BCUT2D eigenvalue weighted by Gasteiger charge is 2.26. The normalized spacial score (nSPS) is 12.4. The van der Waals surface area contributed by atoms with Crippen LogP contribution in [0.5, 0.6) is 23.0 Å². The highest BCUT2D eigenvalue weighted by molar-refractivity contribution is 6.30. The van der Waals surface area contributed by atoms with E-state index in [2.05, 4.69) is 5.32 Å². The third kappa shape index (κ3) is 5.90. The van der Waals surface area contributed by atoms with Gasteiger partial charge in [0.25, 0.3) is 11.8 Å². The lowest BCUT2D eigenvalue weighted by molar-refractivity contribution is -0.121. The van der Waals surface area contributed by atoms with Gasteiger partial charge in [0.1, 0.15) is 29.6 Å². The summed E-state index contributed by atoms with van der Waals surface area (Å²) in [5.41, 5.74) is 1.07. The number of halogens is 1. The van der Waals surface area contributed by atoms with E-state index in [-0.39, 0.29) is 31.6 Å².